The molecule has 1 N–H and O–H groups in total. The van der Waals surface area contributed by atoms with Gasteiger partial charge in [-0.3, -0.25) is 0 Å². The Morgan fingerprint density at radius 3 is 2.70 bits per heavy atom. The summed E-state index contributed by atoms with van der Waals surface area (Å²) in [7, 11) is -3.82. The normalized spacial score (nSPS) is 26.0. The highest BCUT2D eigenvalue weighted by molar-refractivity contribution is 7.89. The summed E-state index contributed by atoms with van der Waals surface area (Å²) in [5.41, 5.74) is 0. The van der Waals surface area contributed by atoms with Crippen LogP contribution in [-0.4, -0.2) is 45.3 Å². The Hall–Kier alpha value is -1.32. The number of rotatable bonds is 3. The summed E-state index contributed by atoms with van der Waals surface area (Å²) in [4.78, 5) is -0.177. The zero-order chi connectivity index (χ0) is 16.7. The number of ether oxygens (including phenoxy) is 1. The Kier molecular flexibility index (Phi) is 4.28. The van der Waals surface area contributed by atoms with Crippen LogP contribution < -0.4 is 10.1 Å². The molecule has 2 heterocycles. The summed E-state index contributed by atoms with van der Waals surface area (Å²) in [6.45, 7) is 2.45. The van der Waals surface area contributed by atoms with Crippen molar-refractivity contribution in [3.8, 4) is 5.75 Å². The third kappa shape index (κ3) is 3.61. The van der Waals surface area contributed by atoms with Crippen LogP contribution in [0.1, 0.15) is 6.42 Å². The van der Waals surface area contributed by atoms with Gasteiger partial charge in [0.2, 0.25) is 10.0 Å². The molecule has 1 aromatic rings. The topological polar surface area (TPSA) is 58.6 Å². The van der Waals surface area contributed by atoms with Crippen molar-refractivity contribution in [3.05, 3.63) is 24.3 Å². The maximum Gasteiger partial charge on any atom is 0.573 e. The van der Waals surface area contributed by atoms with Crippen molar-refractivity contribution in [2.24, 2.45) is 11.8 Å². The van der Waals surface area contributed by atoms with Gasteiger partial charge in [-0.05, 0) is 43.5 Å². The van der Waals surface area contributed by atoms with E-state index >= 15 is 0 Å². The highest BCUT2D eigenvalue weighted by Gasteiger charge is 2.38. The minimum Gasteiger partial charge on any atom is -0.406 e. The minimum atomic E-state index is -4.85. The Balaban J connectivity index is 1.81. The van der Waals surface area contributed by atoms with Gasteiger partial charge >= 0.3 is 6.36 Å². The van der Waals surface area contributed by atoms with E-state index in [2.05, 4.69) is 10.1 Å². The number of piperidine rings is 1. The molecule has 2 aliphatic heterocycles. The maximum absolute atomic E-state index is 12.7. The molecule has 0 amide bonds. The number of halogens is 3. The van der Waals surface area contributed by atoms with Gasteiger partial charge in [0.05, 0.1) is 4.90 Å². The van der Waals surface area contributed by atoms with Crippen molar-refractivity contribution >= 4 is 10.0 Å². The molecule has 128 valence electrons. The number of hydrogen-bond acceptors (Lipinski definition) is 4. The lowest BCUT2D eigenvalue weighted by molar-refractivity contribution is -0.274. The lowest BCUT2D eigenvalue weighted by Crippen LogP contribution is -2.43. The van der Waals surface area contributed by atoms with Crippen LogP contribution >= 0.6 is 0 Å². The molecule has 0 radical (unpaired) electrons. The van der Waals surface area contributed by atoms with Crippen molar-refractivity contribution in [3.63, 3.8) is 0 Å². The molecule has 2 saturated heterocycles. The van der Waals surface area contributed by atoms with Crippen LogP contribution in [0.15, 0.2) is 29.2 Å². The Labute approximate surface area is 132 Å². The summed E-state index contributed by atoms with van der Waals surface area (Å²) in [5.74, 6) is 0.200. The SMILES string of the molecule is O=S(=O)(c1cccc(OC(F)(F)F)c1)N1CCC2CNCC2C1. The number of sulfonamides is 1. The van der Waals surface area contributed by atoms with Gasteiger partial charge in [0.1, 0.15) is 5.75 Å². The molecule has 1 aromatic carbocycles. The molecule has 2 aliphatic rings. The largest absolute Gasteiger partial charge is 0.573 e. The van der Waals surface area contributed by atoms with E-state index in [1.165, 1.54) is 16.4 Å². The number of benzene rings is 1. The second-order valence-electron chi connectivity index (χ2n) is 5.85. The first-order valence-electron chi connectivity index (χ1n) is 7.32. The van der Waals surface area contributed by atoms with Gasteiger partial charge < -0.3 is 10.1 Å². The number of nitrogens with zero attached hydrogens (tertiary/aromatic N) is 1. The van der Waals surface area contributed by atoms with Crippen LogP contribution in [0.4, 0.5) is 13.2 Å². The van der Waals surface area contributed by atoms with Crippen molar-refractivity contribution in [2.45, 2.75) is 17.7 Å². The lowest BCUT2D eigenvalue weighted by atomic mass is 9.90. The molecule has 5 nitrogen and oxygen atoms in total. The fourth-order valence-electron chi connectivity index (χ4n) is 3.20. The summed E-state index contributed by atoms with van der Waals surface area (Å²) in [6, 6.07) is 4.54. The van der Waals surface area contributed by atoms with Gasteiger partial charge in [-0.2, -0.15) is 4.31 Å². The molecular weight excluding hydrogens is 333 g/mol. The van der Waals surface area contributed by atoms with Crippen LogP contribution in [0, 0.1) is 11.8 Å². The lowest BCUT2D eigenvalue weighted by Gasteiger charge is -2.33. The third-order valence-electron chi connectivity index (χ3n) is 4.34. The van der Waals surface area contributed by atoms with Crippen molar-refractivity contribution in [1.29, 1.82) is 0 Å². The second kappa shape index (κ2) is 5.95. The van der Waals surface area contributed by atoms with Crippen LogP contribution in [0.2, 0.25) is 0 Å². The van der Waals surface area contributed by atoms with Gasteiger partial charge in [-0.25, -0.2) is 8.42 Å². The first kappa shape index (κ1) is 16.5. The van der Waals surface area contributed by atoms with E-state index in [-0.39, 0.29) is 10.8 Å². The first-order chi connectivity index (χ1) is 10.8. The molecule has 0 spiro atoms. The Morgan fingerprint density at radius 2 is 1.96 bits per heavy atom. The molecule has 0 bridgehead atoms. The summed E-state index contributed by atoms with van der Waals surface area (Å²) in [6.07, 6.45) is -4.09. The van der Waals surface area contributed by atoms with Crippen LogP contribution in [0.25, 0.3) is 0 Å². The molecule has 0 saturated carbocycles. The standard InChI is InChI=1S/C14H17F3N2O3S/c15-14(16,17)22-12-2-1-3-13(6-12)23(20,21)19-5-4-10-7-18-8-11(10)9-19/h1-3,6,10-11,18H,4-5,7-9H2. The second-order valence-corrected chi connectivity index (χ2v) is 7.79. The van der Waals surface area contributed by atoms with Gasteiger partial charge in [0.15, 0.2) is 0 Å². The molecule has 2 unspecified atom stereocenters. The number of hydrogen-bond donors (Lipinski definition) is 1. The summed E-state index contributed by atoms with van der Waals surface area (Å²) >= 11 is 0. The summed E-state index contributed by atoms with van der Waals surface area (Å²) < 4.78 is 67.3. The van der Waals surface area contributed by atoms with Gasteiger partial charge in [-0.15, -0.1) is 13.2 Å². The zero-order valence-corrected chi connectivity index (χ0v) is 13.0. The molecular formula is C14H17F3N2O3S. The molecule has 0 aromatic heterocycles. The van der Waals surface area contributed by atoms with E-state index in [4.69, 9.17) is 0 Å². The predicted molar refractivity (Wildman–Crippen MR) is 76.4 cm³/mol. The quantitative estimate of drug-likeness (QED) is 0.903. The molecule has 2 fully saturated rings. The Morgan fingerprint density at radius 1 is 1.22 bits per heavy atom. The Bertz CT molecular complexity index is 678. The van der Waals surface area contributed by atoms with Gasteiger partial charge in [0.25, 0.3) is 0 Å². The number of fused-ring (bicyclic) bond motifs is 1. The number of nitrogens with one attached hydrogen (secondary N) is 1. The third-order valence-corrected chi connectivity index (χ3v) is 6.21. The molecule has 2 atom stereocenters. The molecule has 23 heavy (non-hydrogen) atoms. The van der Waals surface area contributed by atoms with Crippen molar-refractivity contribution < 1.29 is 26.3 Å². The fourth-order valence-corrected chi connectivity index (χ4v) is 4.75. The van der Waals surface area contributed by atoms with Crippen LogP contribution in [-0.2, 0) is 10.0 Å². The van der Waals surface area contributed by atoms with E-state index in [0.29, 0.717) is 19.0 Å². The van der Waals surface area contributed by atoms with Crippen LogP contribution in [0.3, 0.4) is 0 Å². The average molecular weight is 350 g/mol. The van der Waals surface area contributed by atoms with Gasteiger partial charge in [0, 0.05) is 19.2 Å². The molecule has 0 aliphatic carbocycles. The predicted octanol–water partition coefficient (Wildman–Crippen LogP) is 1.82. The number of alkyl halides is 3. The van der Waals surface area contributed by atoms with Crippen LogP contribution in [0.5, 0.6) is 5.75 Å². The van der Waals surface area contributed by atoms with E-state index in [1.54, 1.807) is 0 Å². The summed E-state index contributed by atoms with van der Waals surface area (Å²) in [5, 5.41) is 3.24. The van der Waals surface area contributed by atoms with E-state index < -0.39 is 22.1 Å². The zero-order valence-electron chi connectivity index (χ0n) is 12.2. The van der Waals surface area contributed by atoms with Gasteiger partial charge in [-0.1, -0.05) is 6.07 Å². The molecule has 3 rings (SSSR count). The van der Waals surface area contributed by atoms with Crippen molar-refractivity contribution in [1.82, 2.24) is 9.62 Å². The fraction of sp³-hybridized carbons (Fsp3) is 0.571. The highest BCUT2D eigenvalue weighted by Crippen LogP contribution is 2.31. The smallest absolute Gasteiger partial charge is 0.406 e. The first-order valence-corrected chi connectivity index (χ1v) is 8.76. The van der Waals surface area contributed by atoms with Crippen molar-refractivity contribution in [2.75, 3.05) is 26.2 Å². The minimum absolute atomic E-state index is 0.177. The average Bonchev–Trinajstić information content (AvgIpc) is 2.93. The van der Waals surface area contributed by atoms with E-state index in [1.807, 2.05) is 0 Å². The highest BCUT2D eigenvalue weighted by atomic mass is 32.2. The molecule has 9 heteroatoms. The van der Waals surface area contributed by atoms with E-state index in [9.17, 15) is 21.6 Å². The maximum atomic E-state index is 12.7. The van der Waals surface area contributed by atoms with E-state index in [0.717, 1.165) is 31.6 Å². The monoisotopic (exact) mass is 350 g/mol.